The number of hydrogen-bond donors (Lipinski definition) is 1. The van der Waals surface area contributed by atoms with Crippen LogP contribution in [0.15, 0.2) is 52.1 Å². The summed E-state index contributed by atoms with van der Waals surface area (Å²) in [7, 11) is 0. The van der Waals surface area contributed by atoms with Crippen molar-refractivity contribution in [1.82, 2.24) is 20.2 Å². The molecule has 0 radical (unpaired) electrons. The van der Waals surface area contributed by atoms with Crippen LogP contribution in [0.5, 0.6) is 0 Å². The average Bonchev–Trinajstić information content (AvgIpc) is 3.11. The lowest BCUT2D eigenvalue weighted by Gasteiger charge is -2.08. The van der Waals surface area contributed by atoms with Gasteiger partial charge < -0.3 is 5.32 Å². The van der Waals surface area contributed by atoms with E-state index >= 15 is 0 Å². The topological polar surface area (TPSA) is 116 Å². The molecule has 2 aromatic carbocycles. The fourth-order valence-electron chi connectivity index (χ4n) is 2.29. The standard InChI is InChI=1S/C16H13BrN6O3S/c1-10-13(3-2-4-14(10)23(25)26)18-15(24)9-27-16-19-20-21-22(16)12-7-5-11(17)6-8-12/h2-8H,9H2,1H3,(H,18,24). The molecule has 0 saturated carbocycles. The second kappa shape index (κ2) is 8.27. The maximum Gasteiger partial charge on any atom is 0.274 e. The number of rotatable bonds is 6. The van der Waals surface area contributed by atoms with Crippen LogP contribution in [0.1, 0.15) is 5.56 Å². The highest BCUT2D eigenvalue weighted by Gasteiger charge is 2.16. The van der Waals surface area contributed by atoms with Crippen molar-refractivity contribution in [1.29, 1.82) is 0 Å². The lowest BCUT2D eigenvalue weighted by atomic mass is 10.1. The zero-order chi connectivity index (χ0) is 19.4. The molecule has 1 N–H and O–H groups in total. The minimum Gasteiger partial charge on any atom is -0.325 e. The predicted molar refractivity (Wildman–Crippen MR) is 104 cm³/mol. The Bertz CT molecular complexity index is 992. The Hall–Kier alpha value is -2.79. The van der Waals surface area contributed by atoms with Crippen molar-refractivity contribution in [3.8, 4) is 5.69 Å². The van der Waals surface area contributed by atoms with E-state index in [-0.39, 0.29) is 17.3 Å². The van der Waals surface area contributed by atoms with E-state index in [1.165, 1.54) is 28.6 Å². The van der Waals surface area contributed by atoms with Gasteiger partial charge in [-0.1, -0.05) is 33.8 Å². The molecule has 0 aliphatic carbocycles. The normalized spacial score (nSPS) is 10.6. The van der Waals surface area contributed by atoms with Gasteiger partial charge in [-0.05, 0) is 47.7 Å². The smallest absolute Gasteiger partial charge is 0.274 e. The van der Waals surface area contributed by atoms with Gasteiger partial charge >= 0.3 is 0 Å². The minimum atomic E-state index is -0.480. The van der Waals surface area contributed by atoms with Gasteiger partial charge in [-0.15, -0.1) is 5.10 Å². The molecule has 0 saturated heterocycles. The Morgan fingerprint density at radius 3 is 2.74 bits per heavy atom. The summed E-state index contributed by atoms with van der Waals surface area (Å²) in [5.74, 6) is -0.257. The van der Waals surface area contributed by atoms with Crippen LogP contribution >= 0.6 is 27.7 Å². The van der Waals surface area contributed by atoms with E-state index in [9.17, 15) is 14.9 Å². The number of anilines is 1. The van der Waals surface area contributed by atoms with Crippen molar-refractivity contribution in [2.24, 2.45) is 0 Å². The predicted octanol–water partition coefficient (Wildman–Crippen LogP) is 3.37. The number of halogens is 1. The molecule has 3 rings (SSSR count). The molecule has 1 amide bonds. The molecule has 1 aromatic heterocycles. The van der Waals surface area contributed by atoms with Crippen LogP contribution in [0.4, 0.5) is 11.4 Å². The number of thioether (sulfide) groups is 1. The summed E-state index contributed by atoms with van der Waals surface area (Å²) >= 11 is 4.53. The highest BCUT2D eigenvalue weighted by Crippen LogP contribution is 2.26. The van der Waals surface area contributed by atoms with Gasteiger partial charge in [-0.25, -0.2) is 0 Å². The van der Waals surface area contributed by atoms with Crippen molar-refractivity contribution < 1.29 is 9.72 Å². The van der Waals surface area contributed by atoms with Crippen LogP contribution in [0, 0.1) is 17.0 Å². The summed E-state index contributed by atoms with van der Waals surface area (Å²) in [5, 5.41) is 25.7. The SMILES string of the molecule is Cc1c(NC(=O)CSc2nnnn2-c2ccc(Br)cc2)cccc1[N+](=O)[O-]. The molecule has 138 valence electrons. The maximum atomic E-state index is 12.2. The van der Waals surface area contributed by atoms with Crippen molar-refractivity contribution in [3.63, 3.8) is 0 Å². The molecule has 11 heteroatoms. The first-order chi connectivity index (χ1) is 13.0. The molecule has 9 nitrogen and oxygen atoms in total. The monoisotopic (exact) mass is 448 g/mol. The molecule has 0 aliphatic heterocycles. The summed E-state index contributed by atoms with van der Waals surface area (Å²) in [6.07, 6.45) is 0. The van der Waals surface area contributed by atoms with Crippen LogP contribution in [-0.2, 0) is 4.79 Å². The summed E-state index contributed by atoms with van der Waals surface area (Å²) in [6, 6.07) is 12.0. The molecule has 1 heterocycles. The summed E-state index contributed by atoms with van der Waals surface area (Å²) in [4.78, 5) is 22.8. The summed E-state index contributed by atoms with van der Waals surface area (Å²) in [5.41, 5.74) is 1.53. The zero-order valence-corrected chi connectivity index (χ0v) is 16.4. The minimum absolute atomic E-state index is 0.0420. The molecule has 27 heavy (non-hydrogen) atoms. The van der Waals surface area contributed by atoms with Crippen molar-refractivity contribution >= 4 is 45.0 Å². The highest BCUT2D eigenvalue weighted by molar-refractivity contribution is 9.10. The Balaban J connectivity index is 1.67. The van der Waals surface area contributed by atoms with Crippen molar-refractivity contribution in [2.45, 2.75) is 12.1 Å². The van der Waals surface area contributed by atoms with Gasteiger partial charge in [0.25, 0.3) is 5.69 Å². The number of carbonyl (C=O) groups excluding carboxylic acids is 1. The average molecular weight is 449 g/mol. The number of nitrogens with zero attached hydrogens (tertiary/aromatic N) is 5. The van der Waals surface area contributed by atoms with Gasteiger partial charge in [0, 0.05) is 10.5 Å². The van der Waals surface area contributed by atoms with E-state index in [0.29, 0.717) is 16.4 Å². The zero-order valence-electron chi connectivity index (χ0n) is 14.0. The number of nitro benzene ring substituents is 1. The number of nitrogens with one attached hydrogen (secondary N) is 1. The van der Waals surface area contributed by atoms with Gasteiger partial charge in [-0.3, -0.25) is 14.9 Å². The number of benzene rings is 2. The number of carbonyl (C=O) groups is 1. The molecule has 0 bridgehead atoms. The van der Waals surface area contributed by atoms with Crippen molar-refractivity contribution in [2.75, 3.05) is 11.1 Å². The summed E-state index contributed by atoms with van der Waals surface area (Å²) < 4.78 is 2.46. The summed E-state index contributed by atoms with van der Waals surface area (Å²) in [6.45, 7) is 1.59. The molecule has 0 spiro atoms. The number of nitro groups is 1. The van der Waals surface area contributed by atoms with E-state index < -0.39 is 4.92 Å². The Morgan fingerprint density at radius 1 is 1.30 bits per heavy atom. The number of hydrogen-bond acceptors (Lipinski definition) is 7. The van der Waals surface area contributed by atoms with E-state index in [4.69, 9.17) is 0 Å². The van der Waals surface area contributed by atoms with Gasteiger partial charge in [0.2, 0.25) is 11.1 Å². The van der Waals surface area contributed by atoms with Crippen LogP contribution in [0.3, 0.4) is 0 Å². The van der Waals surface area contributed by atoms with Gasteiger partial charge in [0.05, 0.1) is 27.6 Å². The van der Waals surface area contributed by atoms with E-state index in [2.05, 4.69) is 36.8 Å². The molecule has 3 aromatic rings. The van der Waals surface area contributed by atoms with E-state index in [1.807, 2.05) is 24.3 Å². The third-order valence-electron chi connectivity index (χ3n) is 3.62. The Labute approximate surface area is 166 Å². The number of tetrazole rings is 1. The number of aromatic nitrogens is 4. The van der Waals surface area contributed by atoms with Crippen molar-refractivity contribution in [3.05, 3.63) is 62.6 Å². The van der Waals surface area contributed by atoms with Gasteiger partial charge in [0.1, 0.15) is 0 Å². The largest absolute Gasteiger partial charge is 0.325 e. The number of amides is 1. The lowest BCUT2D eigenvalue weighted by Crippen LogP contribution is -2.15. The quantitative estimate of drug-likeness (QED) is 0.349. The molecule has 0 atom stereocenters. The molecular weight excluding hydrogens is 436 g/mol. The van der Waals surface area contributed by atoms with E-state index in [0.717, 1.165) is 10.2 Å². The second-order valence-electron chi connectivity index (χ2n) is 5.39. The first kappa shape index (κ1) is 19.0. The lowest BCUT2D eigenvalue weighted by molar-refractivity contribution is -0.385. The Kier molecular flexibility index (Phi) is 5.81. The van der Waals surface area contributed by atoms with Crippen LogP contribution in [0.2, 0.25) is 0 Å². The fraction of sp³-hybridized carbons (Fsp3) is 0.125. The fourth-order valence-corrected chi connectivity index (χ4v) is 3.24. The first-order valence-electron chi connectivity index (χ1n) is 7.66. The molecule has 0 unspecified atom stereocenters. The third-order valence-corrected chi connectivity index (χ3v) is 5.07. The van der Waals surface area contributed by atoms with E-state index in [1.54, 1.807) is 13.0 Å². The Morgan fingerprint density at radius 2 is 2.04 bits per heavy atom. The van der Waals surface area contributed by atoms with Gasteiger partial charge in [-0.2, -0.15) is 4.68 Å². The highest BCUT2D eigenvalue weighted by atomic mass is 79.9. The first-order valence-corrected chi connectivity index (χ1v) is 9.44. The van der Waals surface area contributed by atoms with Crippen LogP contribution in [-0.4, -0.2) is 36.8 Å². The molecule has 0 fully saturated rings. The van der Waals surface area contributed by atoms with Crippen LogP contribution in [0.25, 0.3) is 5.69 Å². The second-order valence-corrected chi connectivity index (χ2v) is 7.25. The third kappa shape index (κ3) is 4.49. The van der Waals surface area contributed by atoms with Crippen LogP contribution < -0.4 is 5.32 Å². The molecular formula is C16H13BrN6O3S. The van der Waals surface area contributed by atoms with Gasteiger partial charge in [0.15, 0.2) is 0 Å². The maximum absolute atomic E-state index is 12.2. The molecule has 0 aliphatic rings.